The Morgan fingerprint density at radius 3 is 2.68 bits per heavy atom. The number of benzene rings is 1. The first-order valence-electron chi connectivity index (χ1n) is 9.87. The van der Waals surface area contributed by atoms with Gasteiger partial charge in [0.15, 0.2) is 0 Å². The lowest BCUT2D eigenvalue weighted by Gasteiger charge is -2.31. The van der Waals surface area contributed by atoms with Gasteiger partial charge in [-0.1, -0.05) is 6.07 Å². The van der Waals surface area contributed by atoms with Crippen molar-refractivity contribution in [2.24, 2.45) is 7.05 Å². The molecule has 2 aliphatic rings. The number of piperidine rings is 1. The highest BCUT2D eigenvalue weighted by Crippen LogP contribution is 2.37. The van der Waals surface area contributed by atoms with Crippen molar-refractivity contribution in [1.82, 2.24) is 19.2 Å². The fraction of sp³-hybridized carbons (Fsp3) is 0.550. The molecular weight excluding hydrogens is 358 g/mol. The average Bonchev–Trinajstić information content (AvgIpc) is 3.48. The zero-order valence-electron chi connectivity index (χ0n) is 16.4. The van der Waals surface area contributed by atoms with Crippen LogP contribution < -0.4 is 15.7 Å². The van der Waals surface area contributed by atoms with Gasteiger partial charge in [0.1, 0.15) is 11.6 Å². The minimum atomic E-state index is -0.0283. The summed E-state index contributed by atoms with van der Waals surface area (Å²) in [5.41, 5.74) is 0.735. The molecule has 8 heteroatoms. The van der Waals surface area contributed by atoms with Crippen molar-refractivity contribution in [3.05, 3.63) is 40.6 Å². The minimum Gasteiger partial charge on any atom is -0.497 e. The van der Waals surface area contributed by atoms with Gasteiger partial charge < -0.3 is 10.1 Å². The van der Waals surface area contributed by atoms with Gasteiger partial charge in [0.05, 0.1) is 13.7 Å². The number of hydrogen-bond donors (Lipinski definition) is 1. The molecular formula is C20H27N5O3. The molecule has 2 heterocycles. The van der Waals surface area contributed by atoms with Gasteiger partial charge in [-0.25, -0.2) is 9.48 Å². The predicted octanol–water partition coefficient (Wildman–Crippen LogP) is 1.74. The first-order valence-corrected chi connectivity index (χ1v) is 9.87. The average molecular weight is 385 g/mol. The van der Waals surface area contributed by atoms with Gasteiger partial charge in [0, 0.05) is 30.8 Å². The second kappa shape index (κ2) is 7.79. The highest BCUT2D eigenvalue weighted by Gasteiger charge is 2.33. The molecule has 1 amide bonds. The molecule has 4 rings (SSSR count). The van der Waals surface area contributed by atoms with Crippen LogP contribution in [-0.2, 0) is 11.8 Å². The van der Waals surface area contributed by atoms with E-state index in [1.807, 2.05) is 28.8 Å². The summed E-state index contributed by atoms with van der Waals surface area (Å²) in [6.45, 7) is 2.01. The van der Waals surface area contributed by atoms with Crippen molar-refractivity contribution in [1.29, 1.82) is 0 Å². The van der Waals surface area contributed by atoms with Gasteiger partial charge in [-0.15, -0.1) is 0 Å². The van der Waals surface area contributed by atoms with E-state index in [1.54, 1.807) is 14.2 Å². The molecule has 8 nitrogen and oxygen atoms in total. The lowest BCUT2D eigenvalue weighted by molar-refractivity contribution is -0.117. The fourth-order valence-corrected chi connectivity index (χ4v) is 3.91. The summed E-state index contributed by atoms with van der Waals surface area (Å²) in [5, 5.41) is 7.44. The molecule has 1 saturated heterocycles. The van der Waals surface area contributed by atoms with E-state index in [0.717, 1.165) is 56.0 Å². The first kappa shape index (κ1) is 18.7. The molecule has 0 radical (unpaired) electrons. The van der Waals surface area contributed by atoms with Crippen LogP contribution in [0, 0.1) is 0 Å². The van der Waals surface area contributed by atoms with Crippen molar-refractivity contribution in [3.8, 4) is 5.75 Å². The number of amides is 1. The maximum absolute atomic E-state index is 12.4. The van der Waals surface area contributed by atoms with Gasteiger partial charge >= 0.3 is 5.69 Å². The van der Waals surface area contributed by atoms with E-state index in [0.29, 0.717) is 12.6 Å². The van der Waals surface area contributed by atoms with E-state index in [-0.39, 0.29) is 17.5 Å². The molecule has 1 aliphatic carbocycles. The number of aryl methyl sites for hydroxylation is 1. The molecule has 0 unspecified atom stereocenters. The number of methoxy groups -OCH3 is 1. The summed E-state index contributed by atoms with van der Waals surface area (Å²) in [6.07, 6.45) is 3.97. The molecule has 150 valence electrons. The smallest absolute Gasteiger partial charge is 0.345 e. The number of rotatable bonds is 6. The topological polar surface area (TPSA) is 81.4 Å². The Bertz CT molecular complexity index is 907. The number of nitrogens with one attached hydrogen (secondary N) is 1. The molecule has 1 N–H and O–H groups in total. The Hall–Kier alpha value is -2.61. The highest BCUT2D eigenvalue weighted by molar-refractivity contribution is 5.92. The maximum atomic E-state index is 12.4. The molecule has 1 aliphatic heterocycles. The Labute approximate surface area is 164 Å². The van der Waals surface area contributed by atoms with Crippen LogP contribution in [0.4, 0.5) is 5.69 Å². The Morgan fingerprint density at radius 2 is 2.00 bits per heavy atom. The number of ether oxygens (including phenoxy) is 1. The molecule has 1 aromatic heterocycles. The molecule has 2 aromatic rings. The molecule has 0 bridgehead atoms. The van der Waals surface area contributed by atoms with Crippen LogP contribution in [0.5, 0.6) is 5.75 Å². The Balaban J connectivity index is 1.33. The number of anilines is 1. The fourth-order valence-electron chi connectivity index (χ4n) is 3.91. The zero-order valence-corrected chi connectivity index (χ0v) is 16.4. The van der Waals surface area contributed by atoms with Gasteiger partial charge in [-0.2, -0.15) is 5.10 Å². The summed E-state index contributed by atoms with van der Waals surface area (Å²) in [5.74, 6) is 1.90. The monoisotopic (exact) mass is 385 g/mol. The minimum absolute atomic E-state index is 0.00223. The number of hydrogen-bond acceptors (Lipinski definition) is 5. The van der Waals surface area contributed by atoms with Gasteiger partial charge in [0.2, 0.25) is 5.91 Å². The summed E-state index contributed by atoms with van der Waals surface area (Å²) >= 11 is 0. The van der Waals surface area contributed by atoms with E-state index >= 15 is 0 Å². The van der Waals surface area contributed by atoms with Gasteiger partial charge in [-0.3, -0.25) is 14.3 Å². The van der Waals surface area contributed by atoms with E-state index < -0.39 is 0 Å². The standard InChI is InChI=1S/C20H27N5O3/c1-23-20(27)25(16-6-7-16)19(22-23)14-8-10-24(11-9-14)13-18(26)21-15-4-3-5-17(12-15)28-2/h3-5,12,14,16H,6-11,13H2,1-2H3,(H,21,26). The maximum Gasteiger partial charge on any atom is 0.345 e. The predicted molar refractivity (Wildman–Crippen MR) is 106 cm³/mol. The molecule has 28 heavy (non-hydrogen) atoms. The summed E-state index contributed by atoms with van der Waals surface area (Å²) in [4.78, 5) is 26.9. The molecule has 1 aromatic carbocycles. The SMILES string of the molecule is COc1cccc(NC(=O)CN2CCC(c3nn(C)c(=O)n3C3CC3)CC2)c1. The quantitative estimate of drug-likeness (QED) is 0.819. The van der Waals surface area contributed by atoms with Crippen LogP contribution in [-0.4, -0.2) is 51.9 Å². The number of nitrogens with zero attached hydrogens (tertiary/aromatic N) is 4. The Morgan fingerprint density at radius 1 is 1.25 bits per heavy atom. The van der Waals surface area contributed by atoms with Gasteiger partial charge in [0.25, 0.3) is 0 Å². The summed E-state index contributed by atoms with van der Waals surface area (Å²) in [6, 6.07) is 7.70. The van der Waals surface area contributed by atoms with Crippen LogP contribution in [0.3, 0.4) is 0 Å². The third kappa shape index (κ3) is 3.96. The second-order valence-electron chi connectivity index (χ2n) is 7.70. The molecule has 1 saturated carbocycles. The normalized spacial score (nSPS) is 18.2. The number of carbonyl (C=O) groups is 1. The van der Waals surface area contributed by atoms with E-state index in [1.165, 1.54) is 4.68 Å². The highest BCUT2D eigenvalue weighted by atomic mass is 16.5. The summed E-state index contributed by atoms with van der Waals surface area (Å²) in [7, 11) is 3.33. The first-order chi connectivity index (χ1) is 13.5. The third-order valence-electron chi connectivity index (χ3n) is 5.57. The van der Waals surface area contributed by atoms with Crippen molar-refractivity contribution < 1.29 is 9.53 Å². The van der Waals surface area contributed by atoms with Gasteiger partial charge in [-0.05, 0) is 50.9 Å². The molecule has 0 atom stereocenters. The second-order valence-corrected chi connectivity index (χ2v) is 7.70. The molecule has 0 spiro atoms. The van der Waals surface area contributed by atoms with Crippen LogP contribution in [0.2, 0.25) is 0 Å². The van der Waals surface area contributed by atoms with E-state index in [9.17, 15) is 9.59 Å². The van der Waals surface area contributed by atoms with Crippen molar-refractivity contribution in [2.75, 3.05) is 32.1 Å². The van der Waals surface area contributed by atoms with Crippen LogP contribution in [0.15, 0.2) is 29.1 Å². The third-order valence-corrected chi connectivity index (χ3v) is 5.57. The largest absolute Gasteiger partial charge is 0.497 e. The van der Waals surface area contributed by atoms with E-state index in [2.05, 4.69) is 15.3 Å². The van der Waals surface area contributed by atoms with Crippen LogP contribution in [0.1, 0.15) is 43.5 Å². The number of likely N-dealkylation sites (tertiary alicyclic amines) is 1. The van der Waals surface area contributed by atoms with Crippen molar-refractivity contribution in [3.63, 3.8) is 0 Å². The van der Waals surface area contributed by atoms with E-state index in [4.69, 9.17) is 4.74 Å². The van der Waals surface area contributed by atoms with Crippen molar-refractivity contribution in [2.45, 2.75) is 37.6 Å². The Kier molecular flexibility index (Phi) is 5.21. The summed E-state index contributed by atoms with van der Waals surface area (Å²) < 4.78 is 8.55. The number of aromatic nitrogens is 3. The zero-order chi connectivity index (χ0) is 19.7. The number of carbonyl (C=O) groups excluding carboxylic acids is 1. The molecule has 2 fully saturated rings. The van der Waals surface area contributed by atoms with Crippen LogP contribution in [0.25, 0.3) is 0 Å². The lowest BCUT2D eigenvalue weighted by Crippen LogP contribution is -2.39. The van der Waals surface area contributed by atoms with Crippen molar-refractivity contribution >= 4 is 11.6 Å². The lowest BCUT2D eigenvalue weighted by atomic mass is 9.96. The van der Waals surface area contributed by atoms with Crippen LogP contribution >= 0.6 is 0 Å².